The molecule has 0 atom stereocenters. The summed E-state index contributed by atoms with van der Waals surface area (Å²) in [5.74, 6) is -0.733. The van der Waals surface area contributed by atoms with E-state index >= 15 is 0 Å². The van der Waals surface area contributed by atoms with Gasteiger partial charge < -0.3 is 0 Å². The molecule has 7 nitrogen and oxygen atoms in total. The molecule has 0 saturated carbocycles. The third kappa shape index (κ3) is 4.08. The van der Waals surface area contributed by atoms with Gasteiger partial charge in [0.25, 0.3) is 0 Å². The number of carbonyl (C=O) groups is 1. The number of amides is 1. The molecule has 0 spiro atoms. The molecule has 0 radical (unpaired) electrons. The number of hydrogen-bond donors (Lipinski definition) is 0. The number of benzene rings is 2. The Morgan fingerprint density at radius 1 is 1.07 bits per heavy atom. The van der Waals surface area contributed by atoms with Gasteiger partial charge in [-0.1, -0.05) is 37.3 Å². The van der Waals surface area contributed by atoms with Gasteiger partial charge >= 0.3 is 0 Å². The highest BCUT2D eigenvalue weighted by Crippen LogP contribution is 2.32. The molecule has 3 rings (SSSR count). The van der Waals surface area contributed by atoms with E-state index in [9.17, 15) is 21.6 Å². The molecule has 1 amide bonds. The zero-order valence-corrected chi connectivity index (χ0v) is 18.3. The van der Waals surface area contributed by atoms with Crippen molar-refractivity contribution < 1.29 is 21.6 Å². The van der Waals surface area contributed by atoms with Crippen LogP contribution >= 0.6 is 0 Å². The molecule has 2 aromatic rings. The van der Waals surface area contributed by atoms with Crippen LogP contribution in [0.2, 0.25) is 0 Å². The van der Waals surface area contributed by atoms with E-state index in [0.717, 1.165) is 9.87 Å². The van der Waals surface area contributed by atoms with E-state index < -0.39 is 26.0 Å². The number of aryl methyl sites for hydroxylation is 2. The van der Waals surface area contributed by atoms with E-state index in [0.29, 0.717) is 11.1 Å². The summed E-state index contributed by atoms with van der Waals surface area (Å²) in [7, 11) is -7.52. The fraction of sp³-hybridized carbons (Fsp3) is 0.350. The molecule has 0 unspecified atom stereocenters. The highest BCUT2D eigenvalue weighted by atomic mass is 32.2. The molecule has 0 bridgehead atoms. The van der Waals surface area contributed by atoms with Crippen molar-refractivity contribution in [3.8, 4) is 0 Å². The molecule has 156 valence electrons. The Morgan fingerprint density at radius 3 is 2.14 bits per heavy atom. The first-order valence-electron chi connectivity index (χ1n) is 9.29. The van der Waals surface area contributed by atoms with Crippen LogP contribution in [0.5, 0.6) is 0 Å². The van der Waals surface area contributed by atoms with Crippen molar-refractivity contribution in [1.82, 2.24) is 4.31 Å². The minimum absolute atomic E-state index is 0.0683. The van der Waals surface area contributed by atoms with Gasteiger partial charge in [0.05, 0.1) is 16.3 Å². The average Bonchev–Trinajstić information content (AvgIpc) is 2.92. The van der Waals surface area contributed by atoms with E-state index in [2.05, 4.69) is 0 Å². The summed E-state index contributed by atoms with van der Waals surface area (Å²) in [6.07, 6.45) is -0.0683. The lowest BCUT2D eigenvalue weighted by molar-refractivity contribution is -0.116. The normalized spacial score (nSPS) is 16.6. The topological polar surface area (TPSA) is 91.8 Å². The van der Waals surface area contributed by atoms with Crippen LogP contribution in [0, 0.1) is 13.8 Å². The zero-order valence-electron chi connectivity index (χ0n) is 16.6. The van der Waals surface area contributed by atoms with Crippen LogP contribution in [0.25, 0.3) is 0 Å². The largest absolute Gasteiger partial charge is 0.273 e. The summed E-state index contributed by atoms with van der Waals surface area (Å²) in [4.78, 5) is 12.2. The van der Waals surface area contributed by atoms with Gasteiger partial charge in [-0.3, -0.25) is 4.79 Å². The predicted octanol–water partition coefficient (Wildman–Crippen LogP) is 2.58. The fourth-order valence-corrected chi connectivity index (χ4v) is 6.90. The van der Waals surface area contributed by atoms with Gasteiger partial charge in [0, 0.05) is 19.5 Å². The summed E-state index contributed by atoms with van der Waals surface area (Å²) in [5.41, 5.74) is 1.87. The summed E-state index contributed by atoms with van der Waals surface area (Å²) in [6.45, 7) is 5.53. The zero-order chi connectivity index (χ0) is 21.4. The predicted molar refractivity (Wildman–Crippen MR) is 112 cm³/mol. The minimum Gasteiger partial charge on any atom is -0.273 e. The quantitative estimate of drug-likeness (QED) is 0.694. The molecule has 0 aliphatic carbocycles. The lowest BCUT2D eigenvalue weighted by Gasteiger charge is -2.24. The Morgan fingerprint density at radius 2 is 1.66 bits per heavy atom. The van der Waals surface area contributed by atoms with Crippen LogP contribution < -0.4 is 4.31 Å². The second-order valence-electron chi connectivity index (χ2n) is 7.05. The summed E-state index contributed by atoms with van der Waals surface area (Å²) in [5, 5.41) is 0. The Kier molecular flexibility index (Phi) is 5.84. The number of anilines is 1. The molecule has 0 N–H and O–H groups in total. The molecule has 1 aliphatic heterocycles. The molecule has 2 aromatic carbocycles. The number of rotatable bonds is 6. The van der Waals surface area contributed by atoms with Crippen LogP contribution in [0.3, 0.4) is 0 Å². The van der Waals surface area contributed by atoms with Crippen molar-refractivity contribution in [2.45, 2.75) is 38.6 Å². The van der Waals surface area contributed by atoms with E-state index in [1.807, 2.05) is 30.3 Å². The summed E-state index contributed by atoms with van der Waals surface area (Å²) < 4.78 is 53.3. The standard InChI is InChI=1S/C20H24N2O5S2/c1-4-21(14-17-8-6-5-7-9-17)29(26,27)20-15(2)12-18(13-16(20)3)22-19(23)10-11-28(22,24)25/h5-9,12-13H,4,10-11,14H2,1-3H3. The molecule has 9 heteroatoms. The van der Waals surface area contributed by atoms with Gasteiger partial charge in [-0.05, 0) is 42.7 Å². The van der Waals surface area contributed by atoms with Crippen LogP contribution in [0.15, 0.2) is 47.4 Å². The lowest BCUT2D eigenvalue weighted by atomic mass is 10.1. The number of hydrogen-bond acceptors (Lipinski definition) is 5. The summed E-state index contributed by atoms with van der Waals surface area (Å²) >= 11 is 0. The van der Waals surface area contributed by atoms with Crippen LogP contribution in [-0.4, -0.2) is 39.3 Å². The van der Waals surface area contributed by atoms with Crippen LogP contribution in [-0.2, 0) is 31.4 Å². The molecular weight excluding hydrogens is 412 g/mol. The molecule has 1 heterocycles. The molecule has 1 fully saturated rings. The maximum atomic E-state index is 13.4. The van der Waals surface area contributed by atoms with E-state index in [1.54, 1.807) is 20.8 Å². The smallest absolute Gasteiger partial charge is 0.243 e. The van der Waals surface area contributed by atoms with Gasteiger partial charge in [-0.2, -0.15) is 4.31 Å². The molecular formula is C20H24N2O5S2. The van der Waals surface area contributed by atoms with Gasteiger partial charge in [-0.15, -0.1) is 0 Å². The van der Waals surface area contributed by atoms with Crippen molar-refractivity contribution in [2.24, 2.45) is 0 Å². The average molecular weight is 437 g/mol. The first-order valence-corrected chi connectivity index (χ1v) is 12.3. The highest BCUT2D eigenvalue weighted by Gasteiger charge is 2.37. The van der Waals surface area contributed by atoms with E-state index in [-0.39, 0.29) is 35.8 Å². The van der Waals surface area contributed by atoms with Crippen LogP contribution in [0.4, 0.5) is 5.69 Å². The van der Waals surface area contributed by atoms with Crippen molar-refractivity contribution in [2.75, 3.05) is 16.6 Å². The maximum absolute atomic E-state index is 13.4. The molecule has 1 saturated heterocycles. The summed E-state index contributed by atoms with van der Waals surface area (Å²) in [6, 6.07) is 12.2. The monoisotopic (exact) mass is 436 g/mol. The second kappa shape index (κ2) is 7.89. The Labute approximate surface area is 172 Å². The molecule has 1 aliphatic rings. The Bertz CT molecular complexity index is 1120. The first-order chi connectivity index (χ1) is 13.6. The number of nitrogens with zero attached hydrogens (tertiary/aromatic N) is 2. The molecule has 29 heavy (non-hydrogen) atoms. The van der Waals surface area contributed by atoms with Crippen molar-refractivity contribution in [3.63, 3.8) is 0 Å². The van der Waals surface area contributed by atoms with Crippen LogP contribution in [0.1, 0.15) is 30.0 Å². The lowest BCUT2D eigenvalue weighted by Crippen LogP contribution is -2.32. The number of sulfonamides is 2. The maximum Gasteiger partial charge on any atom is 0.243 e. The van der Waals surface area contributed by atoms with E-state index in [4.69, 9.17) is 0 Å². The van der Waals surface area contributed by atoms with Gasteiger partial charge in [0.1, 0.15) is 0 Å². The Balaban J connectivity index is 2.03. The third-order valence-electron chi connectivity index (χ3n) is 4.91. The number of carbonyl (C=O) groups excluding carboxylic acids is 1. The van der Waals surface area contributed by atoms with Crippen molar-refractivity contribution in [1.29, 1.82) is 0 Å². The second-order valence-corrected chi connectivity index (χ2v) is 10.9. The molecule has 0 aromatic heterocycles. The Hall–Kier alpha value is -2.23. The first kappa shape index (κ1) is 21.5. The van der Waals surface area contributed by atoms with E-state index in [1.165, 1.54) is 16.4 Å². The third-order valence-corrected chi connectivity index (χ3v) is 8.83. The van der Waals surface area contributed by atoms with Gasteiger partial charge in [0.15, 0.2) is 0 Å². The minimum atomic E-state index is -3.81. The fourth-order valence-electron chi connectivity index (χ4n) is 3.60. The van der Waals surface area contributed by atoms with Crippen molar-refractivity contribution in [3.05, 3.63) is 59.2 Å². The van der Waals surface area contributed by atoms with Gasteiger partial charge in [-0.25, -0.2) is 21.1 Å². The SMILES string of the molecule is CCN(Cc1ccccc1)S(=O)(=O)c1c(C)cc(N2C(=O)CCS2(=O)=O)cc1C. The van der Waals surface area contributed by atoms with Crippen molar-refractivity contribution >= 4 is 31.6 Å². The highest BCUT2D eigenvalue weighted by molar-refractivity contribution is 7.94. The van der Waals surface area contributed by atoms with Gasteiger partial charge in [0.2, 0.25) is 26.0 Å².